The van der Waals surface area contributed by atoms with E-state index in [2.05, 4.69) is 54.6 Å². The Morgan fingerprint density at radius 1 is 1.26 bits per heavy atom. The van der Waals surface area contributed by atoms with Crippen LogP contribution in [0.4, 0.5) is 5.69 Å². The van der Waals surface area contributed by atoms with E-state index in [0.29, 0.717) is 19.0 Å². The van der Waals surface area contributed by atoms with E-state index in [4.69, 9.17) is 4.99 Å². The van der Waals surface area contributed by atoms with Crippen molar-refractivity contribution in [3.63, 3.8) is 0 Å². The van der Waals surface area contributed by atoms with Gasteiger partial charge in [-0.05, 0) is 38.6 Å². The molecule has 0 fully saturated rings. The first-order valence-electron chi connectivity index (χ1n) is 9.73. The Hall–Kier alpha value is -1.35. The third kappa shape index (κ3) is 6.95. The molecule has 0 radical (unpaired) electrons. The lowest BCUT2D eigenvalue weighted by molar-refractivity contribution is -0.116. The smallest absolute Gasteiger partial charge is 0.225 e. The minimum atomic E-state index is 0. The number of likely N-dealkylation sites (N-methyl/N-ethyl adjacent to an activating group) is 1. The second-order valence-corrected chi connectivity index (χ2v) is 6.71. The van der Waals surface area contributed by atoms with Gasteiger partial charge in [-0.25, -0.2) is 0 Å². The fourth-order valence-electron chi connectivity index (χ4n) is 3.43. The number of carbonyl (C=O) groups is 1. The van der Waals surface area contributed by atoms with Gasteiger partial charge >= 0.3 is 0 Å². The molecule has 2 atom stereocenters. The van der Waals surface area contributed by atoms with Gasteiger partial charge in [-0.2, -0.15) is 0 Å². The standard InChI is InChI=1S/C20H33N5O.HI/c1-5-21-20(22-13-15(4)25(6-2)7-3)23-14-16-12-19(26)24-18-11-9-8-10-17(16)18;/h8-11,15-16H,5-7,12-14H2,1-4H3,(H,24,26)(H2,21,22,23);1H. The number of benzene rings is 1. The average molecular weight is 487 g/mol. The number of carbonyl (C=O) groups excluding carboxylic acids is 1. The van der Waals surface area contributed by atoms with Gasteiger partial charge in [0.25, 0.3) is 0 Å². The van der Waals surface area contributed by atoms with Crippen molar-refractivity contribution in [2.24, 2.45) is 4.99 Å². The number of rotatable bonds is 8. The zero-order valence-electron chi connectivity index (χ0n) is 16.9. The highest BCUT2D eigenvalue weighted by Gasteiger charge is 2.24. The Balaban J connectivity index is 0.00000364. The zero-order chi connectivity index (χ0) is 18.9. The monoisotopic (exact) mass is 487 g/mol. The summed E-state index contributed by atoms with van der Waals surface area (Å²) in [7, 11) is 0. The van der Waals surface area contributed by atoms with Crippen molar-refractivity contribution >= 4 is 41.5 Å². The van der Waals surface area contributed by atoms with E-state index in [-0.39, 0.29) is 35.8 Å². The van der Waals surface area contributed by atoms with Crippen molar-refractivity contribution in [3.05, 3.63) is 29.8 Å². The quantitative estimate of drug-likeness (QED) is 0.300. The summed E-state index contributed by atoms with van der Waals surface area (Å²) in [6, 6.07) is 8.43. The topological polar surface area (TPSA) is 68.8 Å². The molecule has 0 saturated heterocycles. The van der Waals surface area contributed by atoms with Crippen molar-refractivity contribution in [1.82, 2.24) is 15.5 Å². The molecule has 1 aliphatic heterocycles. The maximum Gasteiger partial charge on any atom is 0.225 e. The highest BCUT2D eigenvalue weighted by Crippen LogP contribution is 2.31. The van der Waals surface area contributed by atoms with Gasteiger partial charge < -0.3 is 16.0 Å². The molecule has 0 spiro atoms. The molecule has 0 saturated carbocycles. The van der Waals surface area contributed by atoms with E-state index < -0.39 is 0 Å². The van der Waals surface area contributed by atoms with Crippen LogP contribution in [-0.2, 0) is 4.79 Å². The Morgan fingerprint density at radius 2 is 1.96 bits per heavy atom. The minimum absolute atomic E-state index is 0. The normalized spacial score (nSPS) is 17.6. The molecule has 3 N–H and O–H groups in total. The molecule has 1 amide bonds. The number of guanidine groups is 1. The van der Waals surface area contributed by atoms with E-state index in [9.17, 15) is 4.79 Å². The SMILES string of the molecule is CCNC(=NCC(C)N(CC)CC)NCC1CC(=O)Nc2ccccc21.I. The van der Waals surface area contributed by atoms with Crippen molar-refractivity contribution in [2.45, 2.75) is 46.1 Å². The summed E-state index contributed by atoms with van der Waals surface area (Å²) in [6.07, 6.45) is 0.499. The van der Waals surface area contributed by atoms with Crippen LogP contribution in [-0.4, -0.2) is 55.5 Å². The fourth-order valence-corrected chi connectivity index (χ4v) is 3.43. The van der Waals surface area contributed by atoms with Crippen LogP contribution < -0.4 is 16.0 Å². The second-order valence-electron chi connectivity index (χ2n) is 6.71. The van der Waals surface area contributed by atoms with Crippen LogP contribution in [0, 0.1) is 0 Å². The number of nitrogens with zero attached hydrogens (tertiary/aromatic N) is 2. The van der Waals surface area contributed by atoms with Crippen LogP contribution >= 0.6 is 24.0 Å². The number of aliphatic imine (C=N–C) groups is 1. The maximum atomic E-state index is 12.0. The van der Waals surface area contributed by atoms with Gasteiger partial charge in [0.15, 0.2) is 5.96 Å². The molecular formula is C20H34IN5O. The van der Waals surface area contributed by atoms with Crippen molar-refractivity contribution in [1.29, 1.82) is 0 Å². The van der Waals surface area contributed by atoms with Gasteiger partial charge in [0.1, 0.15) is 0 Å². The number of amides is 1. The summed E-state index contributed by atoms with van der Waals surface area (Å²) in [5.41, 5.74) is 2.11. The molecule has 7 heteroatoms. The third-order valence-corrected chi connectivity index (χ3v) is 4.92. The molecule has 6 nitrogen and oxygen atoms in total. The molecule has 1 aromatic rings. The van der Waals surface area contributed by atoms with Crippen LogP contribution in [0.5, 0.6) is 0 Å². The number of halogens is 1. The Labute approximate surface area is 180 Å². The van der Waals surface area contributed by atoms with Crippen molar-refractivity contribution < 1.29 is 4.79 Å². The van der Waals surface area contributed by atoms with Crippen LogP contribution in [0.25, 0.3) is 0 Å². The van der Waals surface area contributed by atoms with E-state index >= 15 is 0 Å². The summed E-state index contributed by atoms with van der Waals surface area (Å²) < 4.78 is 0. The predicted molar refractivity (Wildman–Crippen MR) is 124 cm³/mol. The van der Waals surface area contributed by atoms with Gasteiger partial charge in [-0.15, -0.1) is 24.0 Å². The van der Waals surface area contributed by atoms with Gasteiger partial charge in [-0.1, -0.05) is 32.0 Å². The molecule has 1 aromatic carbocycles. The van der Waals surface area contributed by atoms with Gasteiger partial charge in [0, 0.05) is 37.2 Å². The molecule has 0 aromatic heterocycles. The highest BCUT2D eigenvalue weighted by atomic mass is 127. The Morgan fingerprint density at radius 3 is 2.63 bits per heavy atom. The van der Waals surface area contributed by atoms with Crippen LogP contribution in [0.1, 0.15) is 45.6 Å². The molecule has 2 rings (SSSR count). The van der Waals surface area contributed by atoms with E-state index in [1.807, 2.05) is 18.2 Å². The van der Waals surface area contributed by atoms with E-state index in [1.165, 1.54) is 5.56 Å². The lowest BCUT2D eigenvalue weighted by Gasteiger charge is -2.27. The zero-order valence-corrected chi connectivity index (χ0v) is 19.2. The second kappa shape index (κ2) is 12.2. The molecule has 2 unspecified atom stereocenters. The summed E-state index contributed by atoms with van der Waals surface area (Å²) >= 11 is 0. The summed E-state index contributed by atoms with van der Waals surface area (Å²) in [6.45, 7) is 13.0. The summed E-state index contributed by atoms with van der Waals surface area (Å²) in [5, 5.41) is 9.68. The highest BCUT2D eigenvalue weighted by molar-refractivity contribution is 14.0. The lowest BCUT2D eigenvalue weighted by atomic mass is 9.90. The van der Waals surface area contributed by atoms with Gasteiger partial charge in [-0.3, -0.25) is 14.7 Å². The minimum Gasteiger partial charge on any atom is -0.357 e. The predicted octanol–water partition coefficient (Wildman–Crippen LogP) is 3.02. The van der Waals surface area contributed by atoms with Crippen molar-refractivity contribution in [2.75, 3.05) is 38.0 Å². The first kappa shape index (κ1) is 23.7. The number of hydrogen-bond acceptors (Lipinski definition) is 3. The molecular weight excluding hydrogens is 453 g/mol. The average Bonchev–Trinajstić information content (AvgIpc) is 2.64. The van der Waals surface area contributed by atoms with Crippen LogP contribution in [0.3, 0.4) is 0 Å². The van der Waals surface area contributed by atoms with Crippen LogP contribution in [0.15, 0.2) is 29.3 Å². The molecule has 1 aliphatic rings. The number of nitrogens with one attached hydrogen (secondary N) is 3. The number of fused-ring (bicyclic) bond motifs is 1. The maximum absolute atomic E-state index is 12.0. The molecule has 0 aliphatic carbocycles. The molecule has 1 heterocycles. The number of anilines is 1. The van der Waals surface area contributed by atoms with E-state index in [0.717, 1.165) is 37.8 Å². The summed E-state index contributed by atoms with van der Waals surface area (Å²) in [5.74, 6) is 1.05. The first-order valence-corrected chi connectivity index (χ1v) is 9.73. The first-order chi connectivity index (χ1) is 12.6. The molecule has 27 heavy (non-hydrogen) atoms. The lowest BCUT2D eigenvalue weighted by Crippen LogP contribution is -2.42. The van der Waals surface area contributed by atoms with Gasteiger partial charge in [0.2, 0.25) is 5.91 Å². The van der Waals surface area contributed by atoms with Crippen LogP contribution in [0.2, 0.25) is 0 Å². The summed E-state index contributed by atoms with van der Waals surface area (Å²) in [4.78, 5) is 19.1. The van der Waals surface area contributed by atoms with Gasteiger partial charge in [0.05, 0.1) is 6.54 Å². The molecule has 0 bridgehead atoms. The third-order valence-electron chi connectivity index (χ3n) is 4.92. The number of para-hydroxylation sites is 1. The largest absolute Gasteiger partial charge is 0.357 e. The van der Waals surface area contributed by atoms with E-state index in [1.54, 1.807) is 0 Å². The fraction of sp³-hybridized carbons (Fsp3) is 0.600. The Bertz CT molecular complexity index is 618. The number of hydrogen-bond donors (Lipinski definition) is 3. The van der Waals surface area contributed by atoms with Crippen molar-refractivity contribution in [3.8, 4) is 0 Å². The Kier molecular flexibility index (Phi) is 10.7. The molecule has 152 valence electrons.